The molecule has 0 unspecified atom stereocenters. The number of phenols is 1. The number of oxime groups is 1. The maximum atomic E-state index is 9.77. The Labute approximate surface area is 117 Å². The molecular formula is C16H17NO3. The summed E-state index contributed by atoms with van der Waals surface area (Å²) in [6.45, 7) is 0. The number of ether oxygens (including phenoxy) is 1. The lowest BCUT2D eigenvalue weighted by Crippen LogP contribution is -2.03. The Morgan fingerprint density at radius 3 is 2.40 bits per heavy atom. The largest absolute Gasteiger partial charge is 0.507 e. The van der Waals surface area contributed by atoms with Gasteiger partial charge >= 0.3 is 0 Å². The highest BCUT2D eigenvalue weighted by molar-refractivity contribution is 6.02. The summed E-state index contributed by atoms with van der Waals surface area (Å²) in [7, 11) is 1.63. The van der Waals surface area contributed by atoms with Crippen molar-refractivity contribution in [2.24, 2.45) is 5.16 Å². The van der Waals surface area contributed by atoms with Crippen LogP contribution >= 0.6 is 0 Å². The number of hydrogen-bond donors (Lipinski definition) is 2. The Hall–Kier alpha value is -2.49. The Kier molecular flexibility index (Phi) is 4.60. The summed E-state index contributed by atoms with van der Waals surface area (Å²) in [6, 6.07) is 14.6. The monoisotopic (exact) mass is 271 g/mol. The number of rotatable bonds is 5. The standard InChI is InChI=1S/C16H17NO3/c1-20-13-9-6-12(7-10-13)8-11-15(17-19)14-4-2-3-5-16(14)18/h2-7,9-10,18-19H,8,11H2,1H3/b17-15-. The van der Waals surface area contributed by atoms with Gasteiger partial charge in [0.05, 0.1) is 12.8 Å². The molecule has 0 aromatic heterocycles. The van der Waals surface area contributed by atoms with Crippen LogP contribution in [0.1, 0.15) is 17.5 Å². The second kappa shape index (κ2) is 6.61. The number of aromatic hydroxyl groups is 1. The quantitative estimate of drug-likeness (QED) is 0.498. The summed E-state index contributed by atoms with van der Waals surface area (Å²) in [5.74, 6) is 0.931. The van der Waals surface area contributed by atoms with Crippen LogP contribution in [0.4, 0.5) is 0 Å². The molecule has 0 heterocycles. The fraction of sp³-hybridized carbons (Fsp3) is 0.188. The van der Waals surface area contributed by atoms with Crippen molar-refractivity contribution in [2.75, 3.05) is 7.11 Å². The summed E-state index contributed by atoms with van der Waals surface area (Å²) in [5.41, 5.74) is 2.14. The number of phenolic OH excluding ortho intramolecular Hbond substituents is 1. The first-order valence-corrected chi connectivity index (χ1v) is 6.37. The number of aryl methyl sites for hydroxylation is 1. The van der Waals surface area contributed by atoms with Gasteiger partial charge in [0, 0.05) is 5.56 Å². The first-order valence-electron chi connectivity index (χ1n) is 6.37. The average molecular weight is 271 g/mol. The molecule has 0 saturated carbocycles. The van der Waals surface area contributed by atoms with Gasteiger partial charge in [-0.1, -0.05) is 29.4 Å². The van der Waals surface area contributed by atoms with E-state index in [1.165, 1.54) is 0 Å². The molecule has 0 aliphatic carbocycles. The van der Waals surface area contributed by atoms with Crippen molar-refractivity contribution in [3.8, 4) is 11.5 Å². The van der Waals surface area contributed by atoms with Gasteiger partial charge in [-0.2, -0.15) is 0 Å². The third-order valence-corrected chi connectivity index (χ3v) is 3.15. The van der Waals surface area contributed by atoms with E-state index >= 15 is 0 Å². The summed E-state index contributed by atoms with van der Waals surface area (Å²) >= 11 is 0. The van der Waals surface area contributed by atoms with Crippen molar-refractivity contribution in [1.29, 1.82) is 0 Å². The van der Waals surface area contributed by atoms with E-state index in [2.05, 4.69) is 5.16 Å². The Morgan fingerprint density at radius 1 is 1.10 bits per heavy atom. The highest BCUT2D eigenvalue weighted by Gasteiger charge is 2.09. The van der Waals surface area contributed by atoms with Crippen molar-refractivity contribution >= 4 is 5.71 Å². The summed E-state index contributed by atoms with van der Waals surface area (Å²) in [5, 5.41) is 22.2. The van der Waals surface area contributed by atoms with E-state index in [4.69, 9.17) is 9.94 Å². The van der Waals surface area contributed by atoms with Crippen LogP contribution in [0.15, 0.2) is 53.7 Å². The molecule has 0 bridgehead atoms. The number of hydrogen-bond acceptors (Lipinski definition) is 4. The van der Waals surface area contributed by atoms with E-state index in [0.717, 1.165) is 17.7 Å². The molecule has 104 valence electrons. The van der Waals surface area contributed by atoms with Gasteiger partial charge in [-0.05, 0) is 42.7 Å². The third-order valence-electron chi connectivity index (χ3n) is 3.15. The molecule has 4 nitrogen and oxygen atoms in total. The highest BCUT2D eigenvalue weighted by atomic mass is 16.5. The average Bonchev–Trinajstić information content (AvgIpc) is 2.50. The number of methoxy groups -OCH3 is 1. The van der Waals surface area contributed by atoms with Crippen LogP contribution in [0.5, 0.6) is 11.5 Å². The minimum atomic E-state index is 0.120. The summed E-state index contributed by atoms with van der Waals surface area (Å²) < 4.78 is 5.10. The van der Waals surface area contributed by atoms with Gasteiger partial charge in [0.15, 0.2) is 0 Å². The number of benzene rings is 2. The first kappa shape index (κ1) is 13.9. The second-order valence-electron chi connectivity index (χ2n) is 4.41. The molecule has 20 heavy (non-hydrogen) atoms. The SMILES string of the molecule is COc1ccc(CC/C(=N/O)c2ccccc2O)cc1. The van der Waals surface area contributed by atoms with Crippen LogP contribution in [0.2, 0.25) is 0 Å². The van der Waals surface area contributed by atoms with Crippen LogP contribution in [0.3, 0.4) is 0 Å². The predicted molar refractivity (Wildman–Crippen MR) is 77.7 cm³/mol. The molecule has 2 N–H and O–H groups in total. The second-order valence-corrected chi connectivity index (χ2v) is 4.41. The van der Waals surface area contributed by atoms with Gasteiger partial charge in [-0.15, -0.1) is 0 Å². The lowest BCUT2D eigenvalue weighted by Gasteiger charge is -2.07. The number of nitrogens with zero attached hydrogens (tertiary/aromatic N) is 1. The van der Waals surface area contributed by atoms with Crippen LogP contribution in [-0.4, -0.2) is 23.1 Å². The Morgan fingerprint density at radius 2 is 1.80 bits per heavy atom. The van der Waals surface area contributed by atoms with Crippen molar-refractivity contribution in [1.82, 2.24) is 0 Å². The Balaban J connectivity index is 2.06. The zero-order valence-corrected chi connectivity index (χ0v) is 11.3. The molecule has 4 heteroatoms. The molecule has 0 saturated heterocycles. The van der Waals surface area contributed by atoms with E-state index < -0.39 is 0 Å². The third kappa shape index (κ3) is 3.29. The lowest BCUT2D eigenvalue weighted by molar-refractivity contribution is 0.317. The minimum absolute atomic E-state index is 0.120. The van der Waals surface area contributed by atoms with Crippen LogP contribution in [0, 0.1) is 0 Å². The van der Waals surface area contributed by atoms with Crippen LogP contribution < -0.4 is 4.74 Å². The first-order chi connectivity index (χ1) is 9.74. The van der Waals surface area contributed by atoms with Crippen molar-refractivity contribution in [2.45, 2.75) is 12.8 Å². The van der Waals surface area contributed by atoms with Crippen LogP contribution in [0.25, 0.3) is 0 Å². The van der Waals surface area contributed by atoms with Crippen molar-refractivity contribution < 1.29 is 15.1 Å². The summed E-state index contributed by atoms with van der Waals surface area (Å²) in [6.07, 6.45) is 1.26. The minimum Gasteiger partial charge on any atom is -0.507 e. The molecule has 0 aliphatic heterocycles. The maximum absolute atomic E-state index is 9.77. The van der Waals surface area contributed by atoms with Gasteiger partial charge in [-0.25, -0.2) is 0 Å². The fourth-order valence-electron chi connectivity index (χ4n) is 2.01. The molecule has 0 fully saturated rings. The zero-order valence-electron chi connectivity index (χ0n) is 11.3. The molecule has 0 radical (unpaired) electrons. The molecule has 0 aliphatic rings. The molecular weight excluding hydrogens is 254 g/mol. The molecule has 0 amide bonds. The van der Waals surface area contributed by atoms with Gasteiger partial charge < -0.3 is 15.1 Å². The fourth-order valence-corrected chi connectivity index (χ4v) is 2.01. The zero-order chi connectivity index (χ0) is 14.4. The molecule has 0 atom stereocenters. The topological polar surface area (TPSA) is 62.0 Å². The van der Waals surface area contributed by atoms with Crippen molar-refractivity contribution in [3.63, 3.8) is 0 Å². The van der Waals surface area contributed by atoms with E-state index in [-0.39, 0.29) is 5.75 Å². The number of para-hydroxylation sites is 1. The Bertz CT molecular complexity index is 591. The van der Waals surface area contributed by atoms with Gasteiger partial charge in [0.25, 0.3) is 0 Å². The predicted octanol–water partition coefficient (Wildman–Crippen LogP) is 3.21. The summed E-state index contributed by atoms with van der Waals surface area (Å²) in [4.78, 5) is 0. The van der Waals surface area contributed by atoms with E-state index in [1.807, 2.05) is 24.3 Å². The molecule has 0 spiro atoms. The molecule has 2 aromatic rings. The normalized spacial score (nSPS) is 11.3. The van der Waals surface area contributed by atoms with E-state index in [0.29, 0.717) is 17.7 Å². The van der Waals surface area contributed by atoms with Gasteiger partial charge in [0.1, 0.15) is 11.5 Å². The lowest BCUT2D eigenvalue weighted by atomic mass is 10.0. The van der Waals surface area contributed by atoms with Gasteiger partial charge in [-0.3, -0.25) is 0 Å². The van der Waals surface area contributed by atoms with Crippen molar-refractivity contribution in [3.05, 3.63) is 59.7 Å². The van der Waals surface area contributed by atoms with Crippen LogP contribution in [-0.2, 0) is 6.42 Å². The maximum Gasteiger partial charge on any atom is 0.124 e. The van der Waals surface area contributed by atoms with Gasteiger partial charge in [0.2, 0.25) is 0 Å². The molecule has 2 rings (SSSR count). The van der Waals surface area contributed by atoms with E-state index in [9.17, 15) is 5.11 Å². The smallest absolute Gasteiger partial charge is 0.124 e. The molecule has 2 aromatic carbocycles. The van der Waals surface area contributed by atoms with E-state index in [1.54, 1.807) is 31.4 Å². The highest BCUT2D eigenvalue weighted by Crippen LogP contribution is 2.20.